The average Bonchev–Trinajstić information content (AvgIpc) is 3.78. The molecule has 74 heavy (non-hydrogen) atoms. The molecule has 3 heterocycles. The normalized spacial score (nSPS) is 17.8. The zero-order chi connectivity index (χ0) is 51.9. The molecular formula is C69H72BN3O. The second kappa shape index (κ2) is 20.5. The van der Waals surface area contributed by atoms with Crippen molar-refractivity contribution in [1.82, 2.24) is 0 Å². The third-order valence-corrected chi connectivity index (χ3v) is 15.4. The summed E-state index contributed by atoms with van der Waals surface area (Å²) in [5.74, 6) is 0. The molecule has 0 saturated heterocycles. The smallest absolute Gasteiger partial charge is 0.247 e. The third-order valence-electron chi connectivity index (χ3n) is 15.4. The van der Waals surface area contributed by atoms with Gasteiger partial charge in [0, 0.05) is 51.2 Å². The van der Waals surface area contributed by atoms with Gasteiger partial charge in [0.25, 0.3) is 0 Å². The Balaban J connectivity index is 0.00000309. The van der Waals surface area contributed by atoms with E-state index in [-0.39, 0.29) is 23.6 Å². The summed E-state index contributed by atoms with van der Waals surface area (Å²) in [6.07, 6.45) is 29.8. The maximum Gasteiger partial charge on any atom is 0.247 e. The lowest BCUT2D eigenvalue weighted by Crippen LogP contribution is -2.54. The molecular weight excluding hydrogens is 898 g/mol. The van der Waals surface area contributed by atoms with Crippen LogP contribution in [0.4, 0.5) is 17.1 Å². The van der Waals surface area contributed by atoms with E-state index < -0.39 is 0 Å². The van der Waals surface area contributed by atoms with Crippen LogP contribution in [0.5, 0.6) is 0 Å². The van der Waals surface area contributed by atoms with E-state index in [1.54, 1.807) is 0 Å². The molecule has 0 radical (unpaired) electrons. The van der Waals surface area contributed by atoms with Crippen molar-refractivity contribution in [2.24, 2.45) is 5.73 Å². The topological polar surface area (TPSA) is 45.6 Å². The van der Waals surface area contributed by atoms with Crippen LogP contribution in [0.25, 0.3) is 39.2 Å². The molecule has 6 aromatic carbocycles. The van der Waals surface area contributed by atoms with Crippen LogP contribution in [0.3, 0.4) is 0 Å². The summed E-state index contributed by atoms with van der Waals surface area (Å²) in [7, 11) is 1.50. The molecule has 11 rings (SSSR count). The number of hydrogen-bond acceptors (Lipinski definition) is 4. The number of hydrogen-bond donors (Lipinski definition) is 1. The lowest BCUT2D eigenvalue weighted by molar-refractivity contribution is 0.590. The molecule has 1 aromatic heterocycles. The number of fused-ring (bicyclic) bond motifs is 6. The number of allylic oxidation sites excluding steroid dienone is 12. The zero-order valence-electron chi connectivity index (χ0n) is 45.3. The molecule has 7 aromatic rings. The molecule has 1 unspecified atom stereocenters. The van der Waals surface area contributed by atoms with Gasteiger partial charge in [0.2, 0.25) is 6.71 Å². The summed E-state index contributed by atoms with van der Waals surface area (Å²) in [6, 6.07) is 45.9. The molecule has 0 saturated carbocycles. The molecule has 2 aliphatic heterocycles. The van der Waals surface area contributed by atoms with Gasteiger partial charge >= 0.3 is 0 Å². The highest BCUT2D eigenvalue weighted by Gasteiger charge is 2.42. The number of nitrogens with two attached hydrogens (primary N) is 1. The molecule has 0 fully saturated rings. The van der Waals surface area contributed by atoms with Crippen LogP contribution in [0.2, 0.25) is 0 Å². The first-order valence-corrected chi connectivity index (χ1v) is 26.8. The summed E-state index contributed by atoms with van der Waals surface area (Å²) in [5, 5.41) is 2.29. The minimum atomic E-state index is -0.0419. The van der Waals surface area contributed by atoms with E-state index in [2.05, 4.69) is 260 Å². The number of furan rings is 1. The predicted molar refractivity (Wildman–Crippen MR) is 322 cm³/mol. The van der Waals surface area contributed by atoms with Crippen molar-refractivity contribution < 1.29 is 4.42 Å². The lowest BCUT2D eigenvalue weighted by atomic mass is 9.32. The van der Waals surface area contributed by atoms with Gasteiger partial charge in [-0.25, -0.2) is 0 Å². The van der Waals surface area contributed by atoms with Crippen LogP contribution < -0.4 is 26.5 Å². The van der Waals surface area contributed by atoms with Gasteiger partial charge in [-0.3, -0.25) is 0 Å². The van der Waals surface area contributed by atoms with E-state index in [1.165, 1.54) is 102 Å². The molecule has 372 valence electrons. The largest absolute Gasteiger partial charge is 0.456 e. The van der Waals surface area contributed by atoms with Crippen molar-refractivity contribution in [3.8, 4) is 0 Å². The van der Waals surface area contributed by atoms with E-state index in [4.69, 9.17) is 4.42 Å². The van der Waals surface area contributed by atoms with Crippen molar-refractivity contribution in [3.63, 3.8) is 0 Å². The Hall–Kier alpha value is -7.34. The van der Waals surface area contributed by atoms with Crippen LogP contribution in [0.1, 0.15) is 114 Å². The number of para-hydroxylation sites is 2. The van der Waals surface area contributed by atoms with Crippen LogP contribution in [0.15, 0.2) is 203 Å². The van der Waals surface area contributed by atoms with E-state index >= 15 is 0 Å². The minimum Gasteiger partial charge on any atom is -0.456 e. The van der Waals surface area contributed by atoms with Crippen molar-refractivity contribution in [1.29, 1.82) is 0 Å². The van der Waals surface area contributed by atoms with Crippen LogP contribution in [0, 0.1) is 6.92 Å². The summed E-state index contributed by atoms with van der Waals surface area (Å²) in [5.41, 5.74) is 28.1. The van der Waals surface area contributed by atoms with Gasteiger partial charge in [-0.1, -0.05) is 187 Å². The molecule has 0 bridgehead atoms. The summed E-state index contributed by atoms with van der Waals surface area (Å²) < 4.78 is 6.31. The van der Waals surface area contributed by atoms with Gasteiger partial charge in [0.15, 0.2) is 0 Å². The molecule has 5 heteroatoms. The number of anilines is 3. The summed E-state index contributed by atoms with van der Waals surface area (Å²) in [4.78, 5) is 5.25. The van der Waals surface area contributed by atoms with Crippen LogP contribution >= 0.6 is 0 Å². The van der Waals surface area contributed by atoms with Gasteiger partial charge in [0.1, 0.15) is 11.2 Å². The molecule has 4 aliphatic rings. The zero-order valence-corrected chi connectivity index (χ0v) is 45.3. The monoisotopic (exact) mass is 970 g/mol. The van der Waals surface area contributed by atoms with Gasteiger partial charge < -0.3 is 20.0 Å². The molecule has 1 atom stereocenters. The summed E-state index contributed by atoms with van der Waals surface area (Å²) >= 11 is 0. The standard InChI is InChI=1S/C68H67BN2O.CH5N/c1-10-19-53(11-2)70(61-24-17-15-22-56(61)47-20-13-12-14-21-47)55-37-38-59-62(44-55)71(54-35-33-51(34-36-54)67(4,5)6)63-41-45(3)40-50-29-27-46(49-31-39-65-58(42-49)57-23-16-18-25-64(57)72-65)26-28-48-30-32-52(68(7,8)9)43-60(48)69(59)66(50)63;1-2/h10-11,13,15-27,29-43,55H,12,14,28,44H2,1-9H3;2H2,1H3/b19-10-,29-27-,46-26+,53-11+;. The SMILES string of the molecule is C/C=C\C(=C/C)N(c1ccccc1C1=CCCC=C1)C1C=CC2=C(C1)N(c1ccc(C(C)(C)C)cc1)c1cc(C)cc3c1B2c1cc(C(C)(C)C)ccc1C/C=C(c1ccc2oc4ccccc4c2c1)\C=C/3.CN. The van der Waals surface area contributed by atoms with E-state index in [0.29, 0.717) is 0 Å². The number of benzene rings is 6. The summed E-state index contributed by atoms with van der Waals surface area (Å²) in [6.45, 7) is 20.6. The molecule has 2 aliphatic carbocycles. The third kappa shape index (κ3) is 9.44. The maximum absolute atomic E-state index is 6.31. The molecule has 4 nitrogen and oxygen atoms in total. The highest BCUT2D eigenvalue weighted by Crippen LogP contribution is 2.45. The first-order chi connectivity index (χ1) is 35.8. The van der Waals surface area contributed by atoms with Crippen molar-refractivity contribution >= 4 is 73.9 Å². The molecule has 0 spiro atoms. The Kier molecular flexibility index (Phi) is 13.9. The van der Waals surface area contributed by atoms with E-state index in [9.17, 15) is 0 Å². The fourth-order valence-corrected chi connectivity index (χ4v) is 11.7. The van der Waals surface area contributed by atoms with E-state index in [0.717, 1.165) is 47.6 Å². The van der Waals surface area contributed by atoms with Crippen molar-refractivity contribution in [2.45, 2.75) is 105 Å². The molecule has 0 amide bonds. The number of aryl methyl sites for hydroxylation is 1. The highest BCUT2D eigenvalue weighted by molar-refractivity contribution is 6.93. The molecule has 2 N–H and O–H groups in total. The van der Waals surface area contributed by atoms with Gasteiger partial charge in [0.05, 0.1) is 6.04 Å². The van der Waals surface area contributed by atoms with Crippen molar-refractivity contribution in [3.05, 3.63) is 238 Å². The Morgan fingerprint density at radius 2 is 1.46 bits per heavy atom. The Labute approximate surface area is 441 Å². The first-order valence-electron chi connectivity index (χ1n) is 26.8. The van der Waals surface area contributed by atoms with Gasteiger partial charge in [-0.2, -0.15) is 0 Å². The van der Waals surface area contributed by atoms with Gasteiger partial charge in [-0.05, 0) is 162 Å². The number of nitrogens with zero attached hydrogens (tertiary/aromatic N) is 2. The Morgan fingerprint density at radius 3 is 2.20 bits per heavy atom. The highest BCUT2D eigenvalue weighted by atomic mass is 16.3. The van der Waals surface area contributed by atoms with Gasteiger partial charge in [-0.15, -0.1) is 0 Å². The average molecular weight is 970 g/mol. The number of rotatable bonds is 7. The van der Waals surface area contributed by atoms with E-state index in [1.807, 2.05) is 6.07 Å². The second-order valence-corrected chi connectivity index (χ2v) is 22.3. The first kappa shape index (κ1) is 50.2. The quantitative estimate of drug-likeness (QED) is 0.128. The maximum atomic E-state index is 6.31. The Morgan fingerprint density at radius 1 is 0.716 bits per heavy atom. The van der Waals surface area contributed by atoms with Crippen LogP contribution in [-0.4, -0.2) is 19.8 Å². The predicted octanol–water partition coefficient (Wildman–Crippen LogP) is 16.3. The van der Waals surface area contributed by atoms with Crippen LogP contribution in [-0.2, 0) is 17.3 Å². The second-order valence-electron chi connectivity index (χ2n) is 22.3. The van der Waals surface area contributed by atoms with Crippen molar-refractivity contribution in [2.75, 3.05) is 16.8 Å². The lowest BCUT2D eigenvalue weighted by Gasteiger charge is -2.45. The fraction of sp³-hybridized carbons (Fsp3) is 0.246. The Bertz CT molecular complexity index is 3540. The fourth-order valence-electron chi connectivity index (χ4n) is 11.7. The minimum absolute atomic E-state index is 0.00608.